The Bertz CT molecular complexity index is 1040. The fourth-order valence-corrected chi connectivity index (χ4v) is 4.26. The molecule has 0 atom stereocenters. The molecule has 0 aliphatic heterocycles. The van der Waals surface area contributed by atoms with Crippen LogP contribution in [-0.4, -0.2) is 0 Å². The topological polar surface area (TPSA) is 0 Å². The van der Waals surface area contributed by atoms with Crippen molar-refractivity contribution in [2.45, 2.75) is 51.9 Å². The van der Waals surface area contributed by atoms with Gasteiger partial charge in [-0.3, -0.25) is 0 Å². The second kappa shape index (κ2) is 8.44. The van der Waals surface area contributed by atoms with Crippen molar-refractivity contribution in [3.8, 4) is 22.3 Å². The maximum absolute atomic E-state index is 14.9. The maximum atomic E-state index is 14.9. The van der Waals surface area contributed by atoms with Gasteiger partial charge in [-0.15, -0.1) is 0 Å². The summed E-state index contributed by atoms with van der Waals surface area (Å²) in [5, 5.41) is 0. The van der Waals surface area contributed by atoms with E-state index in [0.717, 1.165) is 48.1 Å². The van der Waals surface area contributed by atoms with Gasteiger partial charge in [0.2, 0.25) is 0 Å². The normalized spacial score (nSPS) is 12.6. The molecule has 0 amide bonds. The summed E-state index contributed by atoms with van der Waals surface area (Å²) in [6, 6.07) is 13.4. The summed E-state index contributed by atoms with van der Waals surface area (Å²) in [4.78, 5) is 0. The summed E-state index contributed by atoms with van der Waals surface area (Å²) >= 11 is 0. The van der Waals surface area contributed by atoms with Crippen LogP contribution in [-0.2, 0) is 19.3 Å². The molecule has 150 valence electrons. The number of benzene rings is 3. The lowest BCUT2D eigenvalue weighted by molar-refractivity contribution is 0.509. The van der Waals surface area contributed by atoms with Gasteiger partial charge in [0.1, 0.15) is 5.82 Å². The average Bonchev–Trinajstić information content (AvgIpc) is 2.72. The Balaban J connectivity index is 1.64. The lowest BCUT2D eigenvalue weighted by atomic mass is 9.83. The highest BCUT2D eigenvalue weighted by molar-refractivity contribution is 5.78. The summed E-state index contributed by atoms with van der Waals surface area (Å²) in [7, 11) is 0. The minimum atomic E-state index is -0.962. The molecule has 0 radical (unpaired) electrons. The third-order valence-corrected chi connectivity index (χ3v) is 5.87. The van der Waals surface area contributed by atoms with E-state index in [4.69, 9.17) is 0 Å². The van der Waals surface area contributed by atoms with Crippen LogP contribution >= 0.6 is 0 Å². The van der Waals surface area contributed by atoms with Crippen LogP contribution in [0.25, 0.3) is 22.3 Å². The molecule has 0 unspecified atom stereocenters. The van der Waals surface area contributed by atoms with E-state index in [9.17, 15) is 13.2 Å². The Kier molecular flexibility index (Phi) is 5.75. The number of unbranched alkanes of at least 4 members (excludes halogenated alkanes) is 3. The second-order valence-corrected chi connectivity index (χ2v) is 7.92. The van der Waals surface area contributed by atoms with Crippen molar-refractivity contribution < 1.29 is 13.2 Å². The van der Waals surface area contributed by atoms with Crippen molar-refractivity contribution in [3.63, 3.8) is 0 Å². The molecule has 3 aromatic rings. The van der Waals surface area contributed by atoms with Crippen molar-refractivity contribution in [3.05, 3.63) is 82.7 Å². The van der Waals surface area contributed by atoms with E-state index in [-0.39, 0.29) is 0 Å². The van der Waals surface area contributed by atoms with Crippen LogP contribution in [0.15, 0.2) is 48.5 Å². The molecule has 1 aliphatic rings. The van der Waals surface area contributed by atoms with Gasteiger partial charge in [0.15, 0.2) is 11.6 Å². The smallest absolute Gasteiger partial charge is 0.159 e. The van der Waals surface area contributed by atoms with Crippen LogP contribution in [0.1, 0.15) is 49.3 Å². The number of aryl methyl sites for hydroxylation is 3. The monoisotopic (exact) mass is 394 g/mol. The molecule has 0 N–H and O–H groups in total. The van der Waals surface area contributed by atoms with E-state index in [0.29, 0.717) is 11.1 Å². The molecular weight excluding hydrogens is 369 g/mol. The van der Waals surface area contributed by atoms with Crippen molar-refractivity contribution >= 4 is 0 Å². The van der Waals surface area contributed by atoms with Gasteiger partial charge in [-0.1, -0.05) is 50.5 Å². The number of fused-ring (bicyclic) bond motifs is 3. The molecule has 0 spiro atoms. The third kappa shape index (κ3) is 4.10. The van der Waals surface area contributed by atoms with Crippen LogP contribution in [0, 0.1) is 17.5 Å². The Labute approximate surface area is 170 Å². The zero-order valence-corrected chi connectivity index (χ0v) is 16.7. The molecule has 0 bridgehead atoms. The highest BCUT2D eigenvalue weighted by Gasteiger charge is 2.20. The highest BCUT2D eigenvalue weighted by Crippen LogP contribution is 2.38. The van der Waals surface area contributed by atoms with Gasteiger partial charge in [-0.05, 0) is 83.3 Å². The van der Waals surface area contributed by atoms with Crippen molar-refractivity contribution in [2.75, 3.05) is 0 Å². The van der Waals surface area contributed by atoms with E-state index in [1.807, 2.05) is 0 Å². The quantitative estimate of drug-likeness (QED) is 0.377. The van der Waals surface area contributed by atoms with E-state index in [2.05, 4.69) is 25.1 Å². The molecular formula is C26H25F3. The van der Waals surface area contributed by atoms with Crippen LogP contribution < -0.4 is 0 Å². The Morgan fingerprint density at radius 2 is 1.45 bits per heavy atom. The van der Waals surface area contributed by atoms with Crippen LogP contribution in [0.3, 0.4) is 0 Å². The highest BCUT2D eigenvalue weighted by atomic mass is 19.2. The van der Waals surface area contributed by atoms with Crippen LogP contribution in [0.2, 0.25) is 0 Å². The van der Waals surface area contributed by atoms with Gasteiger partial charge in [0, 0.05) is 5.56 Å². The molecule has 4 rings (SSSR count). The zero-order valence-electron chi connectivity index (χ0n) is 16.7. The van der Waals surface area contributed by atoms with E-state index < -0.39 is 17.5 Å². The minimum Gasteiger partial charge on any atom is -0.206 e. The van der Waals surface area contributed by atoms with Crippen molar-refractivity contribution in [1.29, 1.82) is 0 Å². The fraction of sp³-hybridized carbons (Fsp3) is 0.308. The zero-order chi connectivity index (χ0) is 20.4. The first kappa shape index (κ1) is 19.8. The van der Waals surface area contributed by atoms with E-state index in [1.165, 1.54) is 42.9 Å². The minimum absolute atomic E-state index is 0.318. The van der Waals surface area contributed by atoms with Crippen LogP contribution in [0.4, 0.5) is 13.2 Å². The van der Waals surface area contributed by atoms with Gasteiger partial charge in [0.05, 0.1) is 0 Å². The molecule has 29 heavy (non-hydrogen) atoms. The molecule has 3 heteroatoms. The Morgan fingerprint density at radius 1 is 0.655 bits per heavy atom. The molecule has 0 aromatic heterocycles. The number of halogens is 3. The number of hydrogen-bond acceptors (Lipinski definition) is 0. The fourth-order valence-electron chi connectivity index (χ4n) is 4.26. The lowest BCUT2D eigenvalue weighted by Gasteiger charge is -2.22. The van der Waals surface area contributed by atoms with Crippen molar-refractivity contribution in [2.24, 2.45) is 0 Å². The molecule has 0 saturated carbocycles. The summed E-state index contributed by atoms with van der Waals surface area (Å²) in [6.07, 6.45) is 7.79. The predicted molar refractivity (Wildman–Crippen MR) is 112 cm³/mol. The third-order valence-electron chi connectivity index (χ3n) is 5.87. The SMILES string of the molecule is CCCCCCc1ccc2c(c1)CCc1cc(-c3ccc(F)c(F)c3)c(F)cc1-2. The molecule has 3 aromatic carbocycles. The van der Waals surface area contributed by atoms with Gasteiger partial charge < -0.3 is 0 Å². The average molecular weight is 394 g/mol. The van der Waals surface area contributed by atoms with Crippen molar-refractivity contribution in [1.82, 2.24) is 0 Å². The van der Waals surface area contributed by atoms with Gasteiger partial charge in [-0.25, -0.2) is 13.2 Å². The molecule has 0 nitrogen and oxygen atoms in total. The largest absolute Gasteiger partial charge is 0.206 e. The molecule has 0 heterocycles. The predicted octanol–water partition coefficient (Wildman–Crippen LogP) is 7.66. The first-order valence-electron chi connectivity index (χ1n) is 10.5. The molecule has 0 saturated heterocycles. The second-order valence-electron chi connectivity index (χ2n) is 7.92. The van der Waals surface area contributed by atoms with Gasteiger partial charge >= 0.3 is 0 Å². The number of rotatable bonds is 6. The van der Waals surface area contributed by atoms with E-state index in [1.54, 1.807) is 12.1 Å². The van der Waals surface area contributed by atoms with Crippen LogP contribution in [0.5, 0.6) is 0 Å². The maximum Gasteiger partial charge on any atom is 0.159 e. The summed E-state index contributed by atoms with van der Waals surface area (Å²) in [5.74, 6) is -2.30. The van der Waals surface area contributed by atoms with E-state index >= 15 is 0 Å². The molecule has 0 fully saturated rings. The summed E-state index contributed by atoms with van der Waals surface area (Å²) < 4.78 is 41.7. The first-order chi connectivity index (χ1) is 14.1. The summed E-state index contributed by atoms with van der Waals surface area (Å²) in [5.41, 5.74) is 6.34. The Hall–Kier alpha value is -2.55. The number of hydrogen-bond donors (Lipinski definition) is 0. The summed E-state index contributed by atoms with van der Waals surface area (Å²) in [6.45, 7) is 2.22. The first-order valence-corrected chi connectivity index (χ1v) is 10.5. The van der Waals surface area contributed by atoms with Gasteiger partial charge in [-0.2, -0.15) is 0 Å². The van der Waals surface area contributed by atoms with Gasteiger partial charge in [0.25, 0.3) is 0 Å². The molecule has 1 aliphatic carbocycles. The standard InChI is InChI=1S/C26H25F3/c1-2-3-4-5-6-17-7-11-21-18(13-17)8-9-19-14-23(25(28)16-22(19)21)20-10-12-24(27)26(29)15-20/h7,10-16H,2-6,8-9H2,1H3. The lowest BCUT2D eigenvalue weighted by Crippen LogP contribution is -2.06. The Morgan fingerprint density at radius 3 is 2.21 bits per heavy atom.